The van der Waals surface area contributed by atoms with Gasteiger partial charge in [0.05, 0.1) is 6.26 Å². The van der Waals surface area contributed by atoms with Crippen LogP contribution in [-0.2, 0) is 0 Å². The number of benzene rings is 1. The van der Waals surface area contributed by atoms with Gasteiger partial charge in [-0.3, -0.25) is 4.79 Å². The summed E-state index contributed by atoms with van der Waals surface area (Å²) in [6.45, 7) is 0. The van der Waals surface area contributed by atoms with E-state index in [-0.39, 0.29) is 11.7 Å². The summed E-state index contributed by atoms with van der Waals surface area (Å²) in [4.78, 5) is 11.9. The molecule has 0 aliphatic carbocycles. The molecule has 4 aromatic rings. The van der Waals surface area contributed by atoms with Crippen LogP contribution in [0.15, 0.2) is 83.7 Å². The van der Waals surface area contributed by atoms with Gasteiger partial charge in [0, 0.05) is 24.1 Å². The smallest absolute Gasteiger partial charge is 0.291 e. The van der Waals surface area contributed by atoms with Gasteiger partial charge in [0.25, 0.3) is 5.91 Å². The standard InChI is InChI=1S/C19H14N4O3/c24-19(16-4-3-13-25-16)20-14-5-7-15(8-6-14)26-18-10-9-17(21-22-18)23-11-1-2-12-23/h1-13H,(H,20,24). The first-order chi connectivity index (χ1) is 12.8. The lowest BCUT2D eigenvalue weighted by molar-refractivity contribution is 0.0996. The van der Waals surface area contributed by atoms with Crippen LogP contribution in [0.5, 0.6) is 11.6 Å². The van der Waals surface area contributed by atoms with Gasteiger partial charge in [0.2, 0.25) is 5.88 Å². The Bertz CT molecular complexity index is 976. The normalized spacial score (nSPS) is 10.5. The van der Waals surface area contributed by atoms with Gasteiger partial charge in [-0.15, -0.1) is 10.2 Å². The number of nitrogens with zero attached hydrogens (tertiary/aromatic N) is 3. The second-order valence-corrected chi connectivity index (χ2v) is 5.38. The number of nitrogens with one attached hydrogen (secondary N) is 1. The molecule has 1 amide bonds. The van der Waals surface area contributed by atoms with Crippen LogP contribution in [0.1, 0.15) is 10.6 Å². The first-order valence-electron chi connectivity index (χ1n) is 7.88. The third-order valence-electron chi connectivity index (χ3n) is 3.57. The van der Waals surface area contributed by atoms with Crippen molar-refractivity contribution in [3.63, 3.8) is 0 Å². The minimum atomic E-state index is -0.310. The summed E-state index contributed by atoms with van der Waals surface area (Å²) in [7, 11) is 0. The molecule has 0 bridgehead atoms. The number of aromatic nitrogens is 3. The minimum Gasteiger partial charge on any atom is -0.459 e. The highest BCUT2D eigenvalue weighted by Gasteiger charge is 2.09. The van der Waals surface area contributed by atoms with E-state index in [2.05, 4.69) is 15.5 Å². The molecule has 0 aliphatic heterocycles. The van der Waals surface area contributed by atoms with Gasteiger partial charge in [-0.2, -0.15) is 0 Å². The van der Waals surface area contributed by atoms with Crippen LogP contribution in [0.4, 0.5) is 5.69 Å². The molecule has 4 rings (SSSR count). The van der Waals surface area contributed by atoms with E-state index >= 15 is 0 Å². The molecule has 3 heterocycles. The molecule has 0 fully saturated rings. The Labute approximate surface area is 148 Å². The fraction of sp³-hybridized carbons (Fsp3) is 0. The largest absolute Gasteiger partial charge is 0.459 e. The first kappa shape index (κ1) is 15.6. The summed E-state index contributed by atoms with van der Waals surface area (Å²) in [5.41, 5.74) is 0.632. The highest BCUT2D eigenvalue weighted by Crippen LogP contribution is 2.22. The maximum absolute atomic E-state index is 11.9. The summed E-state index contributed by atoms with van der Waals surface area (Å²) in [5, 5.41) is 10.9. The molecule has 1 aromatic carbocycles. The lowest BCUT2D eigenvalue weighted by Crippen LogP contribution is -2.10. The molecular weight excluding hydrogens is 332 g/mol. The van der Waals surface area contributed by atoms with E-state index in [4.69, 9.17) is 9.15 Å². The second-order valence-electron chi connectivity index (χ2n) is 5.38. The molecule has 0 aliphatic rings. The van der Waals surface area contributed by atoms with Crippen LogP contribution in [-0.4, -0.2) is 20.7 Å². The minimum absolute atomic E-state index is 0.253. The van der Waals surface area contributed by atoms with Crippen LogP contribution in [0.25, 0.3) is 5.82 Å². The van der Waals surface area contributed by atoms with Gasteiger partial charge < -0.3 is 19.0 Å². The van der Waals surface area contributed by atoms with E-state index in [1.165, 1.54) is 6.26 Å². The van der Waals surface area contributed by atoms with Crippen LogP contribution >= 0.6 is 0 Å². The molecule has 0 radical (unpaired) electrons. The Hall–Kier alpha value is -3.87. The molecule has 128 valence electrons. The molecule has 0 atom stereocenters. The number of hydrogen-bond donors (Lipinski definition) is 1. The van der Waals surface area contributed by atoms with E-state index < -0.39 is 0 Å². The van der Waals surface area contributed by atoms with Crippen LogP contribution in [0, 0.1) is 0 Å². The molecular formula is C19H14N4O3. The number of ether oxygens (including phenoxy) is 1. The maximum Gasteiger partial charge on any atom is 0.291 e. The van der Waals surface area contributed by atoms with Crippen molar-refractivity contribution in [1.29, 1.82) is 0 Å². The van der Waals surface area contributed by atoms with Crippen molar-refractivity contribution in [2.45, 2.75) is 0 Å². The zero-order chi connectivity index (χ0) is 17.8. The predicted octanol–water partition coefficient (Wildman–Crippen LogP) is 3.90. The molecule has 0 spiro atoms. The zero-order valence-corrected chi connectivity index (χ0v) is 13.6. The first-order valence-corrected chi connectivity index (χ1v) is 7.88. The highest BCUT2D eigenvalue weighted by atomic mass is 16.5. The molecule has 0 saturated heterocycles. The summed E-state index contributed by atoms with van der Waals surface area (Å²) in [6, 6.07) is 17.6. The van der Waals surface area contributed by atoms with Gasteiger partial charge in [-0.25, -0.2) is 0 Å². The lowest BCUT2D eigenvalue weighted by Gasteiger charge is -2.07. The number of furan rings is 1. The summed E-state index contributed by atoms with van der Waals surface area (Å²) < 4.78 is 12.6. The number of amides is 1. The quantitative estimate of drug-likeness (QED) is 0.592. The van der Waals surface area contributed by atoms with Gasteiger partial charge in [0.15, 0.2) is 11.6 Å². The number of anilines is 1. The number of carbonyl (C=O) groups excluding carboxylic acids is 1. The van der Waals surface area contributed by atoms with Crippen LogP contribution in [0.3, 0.4) is 0 Å². The zero-order valence-electron chi connectivity index (χ0n) is 13.6. The molecule has 3 aromatic heterocycles. The molecule has 7 nitrogen and oxygen atoms in total. The fourth-order valence-electron chi connectivity index (χ4n) is 2.32. The fourth-order valence-corrected chi connectivity index (χ4v) is 2.32. The predicted molar refractivity (Wildman–Crippen MR) is 94.5 cm³/mol. The van der Waals surface area contributed by atoms with E-state index in [9.17, 15) is 4.79 Å². The third-order valence-corrected chi connectivity index (χ3v) is 3.57. The Morgan fingerprint density at radius 1 is 0.962 bits per heavy atom. The Morgan fingerprint density at radius 3 is 2.42 bits per heavy atom. The summed E-state index contributed by atoms with van der Waals surface area (Å²) >= 11 is 0. The summed E-state index contributed by atoms with van der Waals surface area (Å²) in [5.74, 6) is 1.62. The highest BCUT2D eigenvalue weighted by molar-refractivity contribution is 6.02. The van der Waals surface area contributed by atoms with Crippen molar-refractivity contribution in [1.82, 2.24) is 14.8 Å². The van der Waals surface area contributed by atoms with Crippen molar-refractivity contribution in [3.05, 3.63) is 85.1 Å². The average molecular weight is 346 g/mol. The lowest BCUT2D eigenvalue weighted by atomic mass is 10.3. The van der Waals surface area contributed by atoms with E-state index in [0.717, 1.165) is 0 Å². The van der Waals surface area contributed by atoms with Gasteiger partial charge in [0.1, 0.15) is 5.75 Å². The Kier molecular flexibility index (Phi) is 4.17. The van der Waals surface area contributed by atoms with Crippen molar-refractivity contribution >= 4 is 11.6 Å². The molecule has 7 heteroatoms. The Morgan fingerprint density at radius 2 is 1.77 bits per heavy atom. The van der Waals surface area contributed by atoms with E-state index in [1.54, 1.807) is 42.5 Å². The van der Waals surface area contributed by atoms with E-state index in [1.807, 2.05) is 35.2 Å². The Balaban J connectivity index is 1.40. The van der Waals surface area contributed by atoms with Gasteiger partial charge in [-0.1, -0.05) is 0 Å². The number of hydrogen-bond acceptors (Lipinski definition) is 5. The van der Waals surface area contributed by atoms with Crippen LogP contribution < -0.4 is 10.1 Å². The second kappa shape index (κ2) is 6.94. The molecule has 26 heavy (non-hydrogen) atoms. The van der Waals surface area contributed by atoms with Crippen molar-refractivity contribution in [2.24, 2.45) is 0 Å². The third kappa shape index (κ3) is 3.46. The van der Waals surface area contributed by atoms with E-state index in [0.29, 0.717) is 23.1 Å². The monoisotopic (exact) mass is 346 g/mol. The summed E-state index contributed by atoms with van der Waals surface area (Å²) in [6.07, 6.45) is 5.23. The average Bonchev–Trinajstić information content (AvgIpc) is 3.38. The molecule has 0 unspecified atom stereocenters. The van der Waals surface area contributed by atoms with Gasteiger partial charge >= 0.3 is 0 Å². The molecule has 1 N–H and O–H groups in total. The SMILES string of the molecule is O=C(Nc1ccc(Oc2ccc(-n3cccc3)nn2)cc1)c1ccco1. The van der Waals surface area contributed by atoms with Crippen molar-refractivity contribution in [2.75, 3.05) is 5.32 Å². The topological polar surface area (TPSA) is 82.2 Å². The number of rotatable bonds is 5. The van der Waals surface area contributed by atoms with Crippen LogP contribution in [0.2, 0.25) is 0 Å². The maximum atomic E-state index is 11.9. The van der Waals surface area contributed by atoms with Gasteiger partial charge in [-0.05, 0) is 54.6 Å². The molecule has 0 saturated carbocycles. The number of carbonyl (C=O) groups is 1. The van der Waals surface area contributed by atoms with Crippen molar-refractivity contribution in [3.8, 4) is 17.4 Å². The van der Waals surface area contributed by atoms with Crippen molar-refractivity contribution < 1.29 is 13.9 Å².